The number of hydrogen-bond donors (Lipinski definition) is 3. The Labute approximate surface area is 442 Å². The van der Waals surface area contributed by atoms with Crippen LogP contribution >= 0.6 is 0 Å². The molecule has 0 saturated heterocycles. The molecule has 0 radical (unpaired) electrons. The molecular weight excluding hydrogens is 875 g/mol. The van der Waals surface area contributed by atoms with Crippen LogP contribution in [-0.2, 0) is 14.3 Å². The number of allylic oxidation sites excluding steroid dienone is 7. The van der Waals surface area contributed by atoms with Crippen LogP contribution in [0.4, 0.5) is 0 Å². The lowest BCUT2D eigenvalue weighted by Gasteiger charge is -2.20. The lowest BCUT2D eigenvalue weighted by atomic mass is 10.0. The van der Waals surface area contributed by atoms with Gasteiger partial charge in [-0.25, -0.2) is 0 Å². The Morgan fingerprint density at radius 1 is 0.394 bits per heavy atom. The molecule has 0 fully saturated rings. The van der Waals surface area contributed by atoms with Crippen LogP contribution in [0, 0.1) is 0 Å². The molecule has 6 nitrogen and oxygen atoms in total. The van der Waals surface area contributed by atoms with Gasteiger partial charge in [0.1, 0.15) is 0 Å². The van der Waals surface area contributed by atoms with Crippen LogP contribution in [0.1, 0.15) is 328 Å². The highest BCUT2D eigenvalue weighted by Gasteiger charge is 2.18. The first-order valence-electron chi connectivity index (χ1n) is 31.4. The van der Waals surface area contributed by atoms with E-state index in [-0.39, 0.29) is 18.5 Å². The van der Waals surface area contributed by atoms with Gasteiger partial charge in [0.05, 0.1) is 25.4 Å². The summed E-state index contributed by atoms with van der Waals surface area (Å²) in [5.74, 6) is -0.0668. The van der Waals surface area contributed by atoms with E-state index >= 15 is 0 Å². The van der Waals surface area contributed by atoms with E-state index in [9.17, 15) is 19.8 Å². The second kappa shape index (κ2) is 60.4. The largest absolute Gasteiger partial charge is 0.466 e. The number of carbonyl (C=O) groups is 2. The first-order valence-corrected chi connectivity index (χ1v) is 31.4. The number of hydrogen-bond acceptors (Lipinski definition) is 5. The van der Waals surface area contributed by atoms with E-state index < -0.39 is 12.1 Å². The van der Waals surface area contributed by atoms with Gasteiger partial charge in [-0.05, 0) is 89.9 Å². The van der Waals surface area contributed by atoms with Gasteiger partial charge in [0.25, 0.3) is 0 Å². The summed E-state index contributed by atoms with van der Waals surface area (Å²) in [5, 5.41) is 22.9. The maximum Gasteiger partial charge on any atom is 0.305 e. The summed E-state index contributed by atoms with van der Waals surface area (Å²) in [4.78, 5) is 24.4. The van der Waals surface area contributed by atoms with Crippen LogP contribution in [-0.4, -0.2) is 47.4 Å². The number of aliphatic hydroxyl groups excluding tert-OH is 2. The minimum Gasteiger partial charge on any atom is -0.466 e. The molecule has 0 aromatic rings. The third-order valence-corrected chi connectivity index (χ3v) is 14.3. The molecule has 0 heterocycles. The molecule has 2 atom stereocenters. The van der Waals surface area contributed by atoms with Crippen molar-refractivity contribution in [2.24, 2.45) is 0 Å². The minimum atomic E-state index is -0.841. The van der Waals surface area contributed by atoms with Crippen molar-refractivity contribution in [2.75, 3.05) is 13.2 Å². The van der Waals surface area contributed by atoms with Crippen molar-refractivity contribution in [1.29, 1.82) is 0 Å². The number of ether oxygens (including phenoxy) is 1. The normalized spacial score (nSPS) is 12.9. The van der Waals surface area contributed by atoms with Gasteiger partial charge in [0, 0.05) is 12.8 Å². The van der Waals surface area contributed by atoms with Crippen LogP contribution in [0.3, 0.4) is 0 Å². The van der Waals surface area contributed by atoms with Crippen molar-refractivity contribution in [1.82, 2.24) is 5.32 Å². The molecule has 2 unspecified atom stereocenters. The van der Waals surface area contributed by atoms with Crippen molar-refractivity contribution >= 4 is 11.9 Å². The topological polar surface area (TPSA) is 95.9 Å². The standard InChI is InChI=1S/C65H121NO5/c1-3-5-7-9-11-13-14-15-32-36-39-43-47-51-55-59-65(70)71-60-56-52-48-44-40-37-34-31-29-27-25-23-21-19-17-16-18-20-22-24-26-28-30-33-35-38-42-46-50-54-58-64(69)66-62(61-67)63(68)57-53-49-45-41-12-10-8-6-4-2/h11,13,15,17,19,32,53,57,62-63,67-68H,3-10,12,14,16,18,20-31,33-52,54-56,58-61H2,1-2H3,(H,66,69)/b13-11-,19-17-,32-15-,57-53+. The Balaban J connectivity index is 3.36. The maximum atomic E-state index is 12.4. The van der Waals surface area contributed by atoms with Gasteiger partial charge in [0.15, 0.2) is 0 Å². The molecule has 0 saturated carbocycles. The van der Waals surface area contributed by atoms with E-state index in [1.54, 1.807) is 6.08 Å². The Kier molecular flexibility index (Phi) is 58.5. The SMILES string of the molecule is CCCCC/C=C\C/C=C\CCCCCCCC(=O)OCCCCCCCCCCCCCC/C=C\CCCCCCCCCCCCCCCCC(=O)NC(CO)C(O)/C=C/CCCCCCCCC. The molecule has 1 amide bonds. The Hall–Kier alpha value is -2.18. The van der Waals surface area contributed by atoms with E-state index in [1.165, 1.54) is 250 Å². The lowest BCUT2D eigenvalue weighted by Crippen LogP contribution is -2.45. The Morgan fingerprint density at radius 3 is 1.11 bits per heavy atom. The molecule has 0 rings (SSSR count). The summed E-state index contributed by atoms with van der Waals surface area (Å²) in [7, 11) is 0. The molecule has 0 spiro atoms. The zero-order valence-electron chi connectivity index (χ0n) is 47.5. The van der Waals surface area contributed by atoms with E-state index in [4.69, 9.17) is 4.74 Å². The average molecular weight is 997 g/mol. The quantitative estimate of drug-likeness (QED) is 0.0321. The Morgan fingerprint density at radius 2 is 0.704 bits per heavy atom. The zero-order valence-corrected chi connectivity index (χ0v) is 47.5. The van der Waals surface area contributed by atoms with Gasteiger partial charge in [-0.1, -0.05) is 274 Å². The molecule has 0 aromatic carbocycles. The van der Waals surface area contributed by atoms with Crippen molar-refractivity contribution in [2.45, 2.75) is 341 Å². The molecule has 416 valence electrons. The van der Waals surface area contributed by atoms with E-state index in [2.05, 4.69) is 55.6 Å². The number of esters is 1. The number of amides is 1. The maximum absolute atomic E-state index is 12.4. The van der Waals surface area contributed by atoms with Gasteiger partial charge in [-0.15, -0.1) is 0 Å². The van der Waals surface area contributed by atoms with Crippen LogP contribution in [0.2, 0.25) is 0 Å². The van der Waals surface area contributed by atoms with Gasteiger partial charge < -0.3 is 20.3 Å². The average Bonchev–Trinajstić information content (AvgIpc) is 3.37. The first kappa shape index (κ1) is 68.8. The fourth-order valence-electron chi connectivity index (χ4n) is 9.48. The molecule has 0 bridgehead atoms. The minimum absolute atomic E-state index is 0.00230. The zero-order chi connectivity index (χ0) is 51.4. The summed E-state index contributed by atoms with van der Waals surface area (Å²) >= 11 is 0. The van der Waals surface area contributed by atoms with E-state index in [0.717, 1.165) is 51.4 Å². The summed E-state index contributed by atoms with van der Waals surface area (Å²) in [6.45, 7) is 4.85. The Bertz CT molecular complexity index is 1190. The van der Waals surface area contributed by atoms with Crippen molar-refractivity contribution in [3.05, 3.63) is 48.6 Å². The van der Waals surface area contributed by atoms with Gasteiger partial charge in [-0.2, -0.15) is 0 Å². The highest BCUT2D eigenvalue weighted by atomic mass is 16.5. The van der Waals surface area contributed by atoms with Crippen molar-refractivity contribution in [3.63, 3.8) is 0 Å². The number of rotatable bonds is 58. The highest BCUT2D eigenvalue weighted by molar-refractivity contribution is 5.76. The summed E-state index contributed by atoms with van der Waals surface area (Å²) in [6, 6.07) is -0.625. The monoisotopic (exact) mass is 996 g/mol. The molecule has 3 N–H and O–H groups in total. The van der Waals surface area contributed by atoms with E-state index in [1.807, 2.05) is 6.08 Å². The second-order valence-corrected chi connectivity index (χ2v) is 21.4. The first-order chi connectivity index (χ1) is 35.0. The molecule has 0 aliphatic heterocycles. The molecule has 71 heavy (non-hydrogen) atoms. The third-order valence-electron chi connectivity index (χ3n) is 14.3. The van der Waals surface area contributed by atoms with Crippen molar-refractivity contribution < 1.29 is 24.5 Å². The van der Waals surface area contributed by atoms with E-state index in [0.29, 0.717) is 19.4 Å². The number of aliphatic hydroxyl groups is 2. The molecule has 0 aromatic heterocycles. The van der Waals surface area contributed by atoms with Crippen LogP contribution in [0.5, 0.6) is 0 Å². The lowest BCUT2D eigenvalue weighted by molar-refractivity contribution is -0.143. The summed E-state index contributed by atoms with van der Waals surface area (Å²) in [5.41, 5.74) is 0. The molecular formula is C65H121NO5. The predicted octanol–water partition coefficient (Wildman–Crippen LogP) is 19.7. The smallest absolute Gasteiger partial charge is 0.305 e. The number of nitrogens with one attached hydrogen (secondary N) is 1. The number of unbranched alkanes of at least 4 members (excludes halogenated alkanes) is 41. The molecule has 0 aliphatic rings. The fourth-order valence-corrected chi connectivity index (χ4v) is 9.48. The van der Waals surface area contributed by atoms with Gasteiger partial charge in [0.2, 0.25) is 5.91 Å². The molecule has 6 heteroatoms. The van der Waals surface area contributed by atoms with Gasteiger partial charge >= 0.3 is 5.97 Å². The van der Waals surface area contributed by atoms with Gasteiger partial charge in [-0.3, -0.25) is 9.59 Å². The van der Waals surface area contributed by atoms with Crippen molar-refractivity contribution in [3.8, 4) is 0 Å². The predicted molar refractivity (Wildman–Crippen MR) is 310 cm³/mol. The highest BCUT2D eigenvalue weighted by Crippen LogP contribution is 2.17. The fraction of sp³-hybridized carbons (Fsp3) is 0.846. The van der Waals surface area contributed by atoms with Crippen LogP contribution in [0.25, 0.3) is 0 Å². The van der Waals surface area contributed by atoms with Crippen LogP contribution in [0.15, 0.2) is 48.6 Å². The van der Waals surface area contributed by atoms with Crippen LogP contribution < -0.4 is 5.32 Å². The second-order valence-electron chi connectivity index (χ2n) is 21.4. The summed E-state index contributed by atoms with van der Waals surface area (Å²) < 4.78 is 5.48. The molecule has 0 aliphatic carbocycles. The number of carbonyl (C=O) groups excluding carboxylic acids is 2. The third kappa shape index (κ3) is 57.0. The summed E-state index contributed by atoms with van der Waals surface area (Å²) in [6.07, 6.45) is 77.5.